The van der Waals surface area contributed by atoms with Crippen LogP contribution in [0, 0.1) is 0 Å². The molecule has 1 atom stereocenters. The number of benzene rings is 2. The van der Waals surface area contributed by atoms with Gasteiger partial charge in [0, 0.05) is 23.2 Å². The predicted molar refractivity (Wildman–Crippen MR) is 102 cm³/mol. The van der Waals surface area contributed by atoms with E-state index in [4.69, 9.17) is 4.74 Å². The maximum atomic E-state index is 12.3. The normalized spacial score (nSPS) is 13.7. The molecular formula is C21H20N2O5. The predicted octanol–water partition coefficient (Wildman–Crippen LogP) is 2.12. The van der Waals surface area contributed by atoms with Crippen molar-refractivity contribution in [2.75, 3.05) is 11.9 Å². The Labute approximate surface area is 162 Å². The largest absolute Gasteiger partial charge is 0.456 e. The molecule has 28 heavy (non-hydrogen) atoms. The molecule has 0 aromatic heterocycles. The van der Waals surface area contributed by atoms with Crippen molar-refractivity contribution in [3.63, 3.8) is 0 Å². The minimum absolute atomic E-state index is 0.0490. The summed E-state index contributed by atoms with van der Waals surface area (Å²) in [4.78, 5) is 47.8. The molecule has 0 fully saturated rings. The Morgan fingerprint density at radius 1 is 1.07 bits per heavy atom. The number of nitrogens with one attached hydrogen (secondary N) is 2. The first kappa shape index (κ1) is 19.3. The van der Waals surface area contributed by atoms with Gasteiger partial charge in [0.1, 0.15) is 6.04 Å². The number of hydrogen-bond donors (Lipinski definition) is 2. The van der Waals surface area contributed by atoms with Crippen molar-refractivity contribution < 1.29 is 23.9 Å². The summed E-state index contributed by atoms with van der Waals surface area (Å²) in [7, 11) is 0. The SMILES string of the molecule is C[C@H](NC(=O)c1ccccc1)C(=O)OCC(=O)c1ccc2c(c1)CCC(=O)N2. The van der Waals surface area contributed by atoms with Gasteiger partial charge in [-0.1, -0.05) is 18.2 Å². The van der Waals surface area contributed by atoms with Gasteiger partial charge in [-0.05, 0) is 49.2 Å². The minimum Gasteiger partial charge on any atom is -0.456 e. The molecule has 144 valence electrons. The number of carbonyl (C=O) groups is 4. The van der Waals surface area contributed by atoms with Crippen LogP contribution in [-0.2, 0) is 20.7 Å². The summed E-state index contributed by atoms with van der Waals surface area (Å²) in [5, 5.41) is 5.29. The summed E-state index contributed by atoms with van der Waals surface area (Å²) < 4.78 is 5.04. The fourth-order valence-electron chi connectivity index (χ4n) is 2.83. The van der Waals surface area contributed by atoms with E-state index < -0.39 is 24.5 Å². The van der Waals surface area contributed by atoms with Gasteiger partial charge in [-0.2, -0.15) is 0 Å². The first-order valence-electron chi connectivity index (χ1n) is 8.92. The van der Waals surface area contributed by atoms with Crippen LogP contribution in [0.5, 0.6) is 0 Å². The van der Waals surface area contributed by atoms with E-state index in [1.807, 2.05) is 0 Å². The molecule has 0 radical (unpaired) electrons. The molecule has 7 nitrogen and oxygen atoms in total. The number of ether oxygens (including phenoxy) is 1. The Kier molecular flexibility index (Phi) is 5.84. The molecule has 0 spiro atoms. The number of anilines is 1. The van der Waals surface area contributed by atoms with Gasteiger partial charge in [0.25, 0.3) is 5.91 Å². The molecule has 0 saturated carbocycles. The van der Waals surface area contributed by atoms with Crippen molar-refractivity contribution in [3.05, 3.63) is 65.2 Å². The van der Waals surface area contributed by atoms with Gasteiger partial charge in [0.2, 0.25) is 5.91 Å². The molecule has 2 N–H and O–H groups in total. The number of amides is 2. The van der Waals surface area contributed by atoms with E-state index in [9.17, 15) is 19.2 Å². The van der Waals surface area contributed by atoms with E-state index in [0.717, 1.165) is 5.56 Å². The Balaban J connectivity index is 1.53. The standard InChI is InChI=1S/C21H20N2O5/c1-13(22-20(26)14-5-3-2-4-6-14)21(27)28-12-18(24)16-7-9-17-15(11-16)8-10-19(25)23-17/h2-7,9,11,13H,8,10,12H2,1H3,(H,22,26)(H,23,25)/t13-/m0/s1. The third kappa shape index (κ3) is 4.62. The Morgan fingerprint density at radius 3 is 2.57 bits per heavy atom. The lowest BCUT2D eigenvalue weighted by molar-refractivity contribution is -0.144. The van der Waals surface area contributed by atoms with Crippen LogP contribution in [0.15, 0.2) is 48.5 Å². The lowest BCUT2D eigenvalue weighted by atomic mass is 9.99. The van der Waals surface area contributed by atoms with E-state index in [2.05, 4.69) is 10.6 Å². The first-order valence-corrected chi connectivity index (χ1v) is 8.92. The summed E-state index contributed by atoms with van der Waals surface area (Å²) in [5.74, 6) is -1.49. The Morgan fingerprint density at radius 2 is 1.82 bits per heavy atom. The van der Waals surface area contributed by atoms with E-state index >= 15 is 0 Å². The van der Waals surface area contributed by atoms with Crippen LogP contribution in [-0.4, -0.2) is 36.2 Å². The molecule has 1 heterocycles. The van der Waals surface area contributed by atoms with Gasteiger partial charge in [-0.3, -0.25) is 14.4 Å². The topological polar surface area (TPSA) is 102 Å². The molecule has 2 aromatic carbocycles. The maximum absolute atomic E-state index is 12.3. The van der Waals surface area contributed by atoms with Crippen molar-refractivity contribution >= 4 is 29.3 Å². The van der Waals surface area contributed by atoms with Crippen LogP contribution in [0.1, 0.15) is 39.6 Å². The minimum atomic E-state index is -0.890. The third-order valence-corrected chi connectivity index (χ3v) is 4.41. The average molecular weight is 380 g/mol. The number of Topliss-reactive ketones (excluding diaryl/α,β-unsaturated/α-hetero) is 1. The Hall–Kier alpha value is -3.48. The smallest absolute Gasteiger partial charge is 0.328 e. The van der Waals surface area contributed by atoms with Gasteiger partial charge in [-0.25, -0.2) is 4.79 Å². The van der Waals surface area contributed by atoms with Gasteiger partial charge < -0.3 is 15.4 Å². The fourth-order valence-corrected chi connectivity index (χ4v) is 2.83. The summed E-state index contributed by atoms with van der Waals surface area (Å²) in [5.41, 5.74) is 2.41. The molecule has 1 aliphatic rings. The highest BCUT2D eigenvalue weighted by molar-refractivity contribution is 6.01. The van der Waals surface area contributed by atoms with Gasteiger partial charge in [0.05, 0.1) is 0 Å². The van der Waals surface area contributed by atoms with Crippen LogP contribution < -0.4 is 10.6 Å². The number of fused-ring (bicyclic) bond motifs is 1. The number of ketones is 1. The number of hydrogen-bond acceptors (Lipinski definition) is 5. The molecule has 0 aliphatic carbocycles. The molecule has 0 saturated heterocycles. The van der Waals surface area contributed by atoms with Crippen LogP contribution >= 0.6 is 0 Å². The zero-order valence-corrected chi connectivity index (χ0v) is 15.4. The van der Waals surface area contributed by atoms with E-state index in [-0.39, 0.29) is 11.7 Å². The molecule has 0 bridgehead atoms. The van der Waals surface area contributed by atoms with Crippen molar-refractivity contribution in [2.45, 2.75) is 25.8 Å². The highest BCUT2D eigenvalue weighted by Crippen LogP contribution is 2.23. The second-order valence-corrected chi connectivity index (χ2v) is 6.51. The zero-order chi connectivity index (χ0) is 20.1. The molecule has 1 aliphatic heterocycles. The zero-order valence-electron chi connectivity index (χ0n) is 15.4. The number of esters is 1. The maximum Gasteiger partial charge on any atom is 0.328 e. The third-order valence-electron chi connectivity index (χ3n) is 4.41. The molecule has 2 amide bonds. The van der Waals surface area contributed by atoms with Crippen molar-refractivity contribution in [1.82, 2.24) is 5.32 Å². The molecule has 2 aromatic rings. The quantitative estimate of drug-likeness (QED) is 0.590. The second-order valence-electron chi connectivity index (χ2n) is 6.51. The summed E-state index contributed by atoms with van der Waals surface area (Å²) in [6.45, 7) is 1.07. The lowest BCUT2D eigenvalue weighted by Crippen LogP contribution is -2.40. The van der Waals surface area contributed by atoms with Crippen LogP contribution in [0.25, 0.3) is 0 Å². The van der Waals surface area contributed by atoms with E-state index in [1.165, 1.54) is 6.92 Å². The van der Waals surface area contributed by atoms with E-state index in [0.29, 0.717) is 29.7 Å². The number of aryl methyl sites for hydroxylation is 1. The van der Waals surface area contributed by atoms with E-state index in [1.54, 1.807) is 48.5 Å². The lowest BCUT2D eigenvalue weighted by Gasteiger charge is -2.17. The summed E-state index contributed by atoms with van der Waals surface area (Å²) in [6, 6.07) is 12.6. The first-order chi connectivity index (χ1) is 13.4. The van der Waals surface area contributed by atoms with Crippen LogP contribution in [0.4, 0.5) is 5.69 Å². The molecule has 0 unspecified atom stereocenters. The van der Waals surface area contributed by atoms with Crippen LogP contribution in [0.2, 0.25) is 0 Å². The highest BCUT2D eigenvalue weighted by Gasteiger charge is 2.20. The van der Waals surface area contributed by atoms with Gasteiger partial charge >= 0.3 is 5.97 Å². The summed E-state index contributed by atoms with van der Waals surface area (Å²) in [6.07, 6.45) is 0.933. The molecule has 3 rings (SSSR count). The fraction of sp³-hybridized carbons (Fsp3) is 0.238. The van der Waals surface area contributed by atoms with Crippen molar-refractivity contribution in [2.24, 2.45) is 0 Å². The summed E-state index contributed by atoms with van der Waals surface area (Å²) >= 11 is 0. The highest BCUT2D eigenvalue weighted by atomic mass is 16.5. The second kappa shape index (κ2) is 8.47. The van der Waals surface area contributed by atoms with Crippen LogP contribution in [0.3, 0.4) is 0 Å². The van der Waals surface area contributed by atoms with Gasteiger partial charge in [-0.15, -0.1) is 0 Å². The van der Waals surface area contributed by atoms with Gasteiger partial charge in [0.15, 0.2) is 12.4 Å². The number of carbonyl (C=O) groups excluding carboxylic acids is 4. The monoisotopic (exact) mass is 380 g/mol. The van der Waals surface area contributed by atoms with Crippen molar-refractivity contribution in [3.8, 4) is 0 Å². The molecular weight excluding hydrogens is 360 g/mol. The van der Waals surface area contributed by atoms with Crippen molar-refractivity contribution in [1.29, 1.82) is 0 Å². The average Bonchev–Trinajstić information content (AvgIpc) is 2.71. The number of rotatable bonds is 6. The Bertz CT molecular complexity index is 924. The molecule has 7 heteroatoms.